The van der Waals surface area contributed by atoms with Crippen molar-refractivity contribution in [3.05, 3.63) is 13.6 Å². The van der Waals surface area contributed by atoms with Crippen LogP contribution in [0.4, 0.5) is 0 Å². The minimum atomic E-state index is -3.43. The van der Waals surface area contributed by atoms with Gasteiger partial charge in [0.2, 0.25) is 10.0 Å². The molecule has 2 rings (SSSR count). The first-order valence-corrected chi connectivity index (χ1v) is 9.87. The van der Waals surface area contributed by atoms with Gasteiger partial charge in [-0.3, -0.25) is 0 Å². The van der Waals surface area contributed by atoms with Crippen molar-refractivity contribution in [3.8, 4) is 0 Å². The van der Waals surface area contributed by atoms with E-state index in [-0.39, 0.29) is 12.0 Å². The Kier molecular flexibility index (Phi) is 5.12. The van der Waals surface area contributed by atoms with Gasteiger partial charge < -0.3 is 5.73 Å². The molecule has 0 saturated carbocycles. The van der Waals surface area contributed by atoms with E-state index in [1.54, 1.807) is 10.4 Å². The highest BCUT2D eigenvalue weighted by atomic mass is 79.9. The molecule has 2 unspecified atom stereocenters. The van der Waals surface area contributed by atoms with Crippen molar-refractivity contribution < 1.29 is 8.42 Å². The molecule has 1 saturated heterocycles. The van der Waals surface area contributed by atoms with Crippen molar-refractivity contribution in [1.29, 1.82) is 0 Å². The predicted octanol–water partition coefficient (Wildman–Crippen LogP) is 3.02. The molecule has 0 radical (unpaired) electrons. The summed E-state index contributed by atoms with van der Waals surface area (Å²) in [6.07, 6.45) is 1.87. The van der Waals surface area contributed by atoms with Gasteiger partial charge in [-0.25, -0.2) is 8.42 Å². The molecule has 0 bridgehead atoms. The zero-order chi connectivity index (χ0) is 14.2. The zero-order valence-corrected chi connectivity index (χ0v) is 15.3. The maximum atomic E-state index is 12.6. The molecule has 0 amide bonds. The summed E-state index contributed by atoms with van der Waals surface area (Å²) in [6.45, 7) is 3.03. The number of hydrogen-bond acceptors (Lipinski definition) is 4. The normalized spacial score (nSPS) is 23.5. The molecule has 0 aromatic carbocycles. The van der Waals surface area contributed by atoms with Gasteiger partial charge in [0.25, 0.3) is 0 Å². The van der Waals surface area contributed by atoms with E-state index in [0.717, 1.165) is 16.6 Å². The number of piperidine rings is 1. The van der Waals surface area contributed by atoms with Gasteiger partial charge in [-0.1, -0.05) is 0 Å². The molecule has 1 aliphatic heterocycles. The SMILES string of the molecule is CC(N)C1CCCN(S(=O)(=O)c2cc(Br)sc2Br)C1. The van der Waals surface area contributed by atoms with Crippen molar-refractivity contribution in [2.75, 3.05) is 13.1 Å². The van der Waals surface area contributed by atoms with Gasteiger partial charge in [0, 0.05) is 19.1 Å². The lowest BCUT2D eigenvalue weighted by Gasteiger charge is -2.33. The quantitative estimate of drug-likeness (QED) is 0.799. The highest BCUT2D eigenvalue weighted by Crippen LogP contribution is 2.37. The summed E-state index contributed by atoms with van der Waals surface area (Å²) in [5.74, 6) is 0.240. The molecular weight excluding hydrogens is 416 g/mol. The van der Waals surface area contributed by atoms with E-state index in [0.29, 0.717) is 21.8 Å². The Balaban J connectivity index is 2.27. The van der Waals surface area contributed by atoms with Crippen LogP contribution in [0.2, 0.25) is 0 Å². The Morgan fingerprint density at radius 1 is 1.53 bits per heavy atom. The molecular formula is C11H16Br2N2O2S2. The molecule has 2 atom stereocenters. The second kappa shape index (κ2) is 6.11. The van der Waals surface area contributed by atoms with E-state index in [2.05, 4.69) is 31.9 Å². The molecule has 0 spiro atoms. The van der Waals surface area contributed by atoms with E-state index in [1.807, 2.05) is 6.92 Å². The molecule has 2 N–H and O–H groups in total. The van der Waals surface area contributed by atoms with Crippen LogP contribution in [-0.2, 0) is 10.0 Å². The Bertz CT molecular complexity index is 557. The Hall–Kier alpha value is 0.530. The second-order valence-electron chi connectivity index (χ2n) is 4.81. The van der Waals surface area contributed by atoms with Gasteiger partial charge in [0.15, 0.2) is 0 Å². The van der Waals surface area contributed by atoms with Gasteiger partial charge >= 0.3 is 0 Å². The third-order valence-corrected chi connectivity index (χ3v) is 8.03. The molecule has 108 valence electrons. The lowest BCUT2D eigenvalue weighted by atomic mass is 9.93. The standard InChI is InChI=1S/C11H16Br2N2O2S2/c1-7(14)8-3-2-4-15(6-8)19(16,17)9-5-10(12)18-11(9)13/h5,7-8H,2-4,6,14H2,1H3. The van der Waals surface area contributed by atoms with Crippen molar-refractivity contribution in [1.82, 2.24) is 4.31 Å². The minimum Gasteiger partial charge on any atom is -0.328 e. The average molecular weight is 432 g/mol. The van der Waals surface area contributed by atoms with Crippen LogP contribution in [0, 0.1) is 5.92 Å². The molecule has 1 fully saturated rings. The van der Waals surface area contributed by atoms with Crippen LogP contribution in [0.3, 0.4) is 0 Å². The number of halogens is 2. The lowest BCUT2D eigenvalue weighted by Crippen LogP contribution is -2.44. The highest BCUT2D eigenvalue weighted by Gasteiger charge is 2.33. The average Bonchev–Trinajstić information content (AvgIpc) is 2.69. The van der Waals surface area contributed by atoms with Crippen LogP contribution in [0.15, 0.2) is 18.5 Å². The Morgan fingerprint density at radius 2 is 2.21 bits per heavy atom. The maximum Gasteiger partial charge on any atom is 0.245 e. The largest absolute Gasteiger partial charge is 0.328 e. The summed E-state index contributed by atoms with van der Waals surface area (Å²) in [7, 11) is -3.43. The summed E-state index contributed by atoms with van der Waals surface area (Å²) >= 11 is 8.01. The summed E-state index contributed by atoms with van der Waals surface area (Å²) in [5, 5.41) is 0. The molecule has 1 aliphatic rings. The number of hydrogen-bond donors (Lipinski definition) is 1. The van der Waals surface area contributed by atoms with E-state index in [4.69, 9.17) is 5.73 Å². The number of nitrogens with two attached hydrogens (primary N) is 1. The Labute approximate surface area is 134 Å². The summed E-state index contributed by atoms with van der Waals surface area (Å²) in [5.41, 5.74) is 5.91. The van der Waals surface area contributed by atoms with Crippen LogP contribution in [0.1, 0.15) is 19.8 Å². The van der Waals surface area contributed by atoms with Crippen LogP contribution in [0.25, 0.3) is 0 Å². The number of sulfonamides is 1. The lowest BCUT2D eigenvalue weighted by molar-refractivity contribution is 0.243. The van der Waals surface area contributed by atoms with Gasteiger partial charge in [0.1, 0.15) is 4.90 Å². The number of nitrogens with zero attached hydrogens (tertiary/aromatic N) is 1. The van der Waals surface area contributed by atoms with Gasteiger partial charge in [-0.05, 0) is 63.6 Å². The topological polar surface area (TPSA) is 63.4 Å². The van der Waals surface area contributed by atoms with E-state index >= 15 is 0 Å². The van der Waals surface area contributed by atoms with Gasteiger partial charge in [-0.2, -0.15) is 4.31 Å². The zero-order valence-electron chi connectivity index (χ0n) is 10.5. The van der Waals surface area contributed by atoms with Crippen molar-refractivity contribution in [2.45, 2.75) is 30.7 Å². The first-order valence-electron chi connectivity index (χ1n) is 6.03. The number of thiophene rings is 1. The summed E-state index contributed by atoms with van der Waals surface area (Å²) in [6, 6.07) is 1.68. The minimum absolute atomic E-state index is 0.0238. The Morgan fingerprint density at radius 3 is 2.74 bits per heavy atom. The predicted molar refractivity (Wildman–Crippen MR) is 84.9 cm³/mol. The molecule has 0 aliphatic carbocycles. The van der Waals surface area contributed by atoms with Gasteiger partial charge in [0.05, 0.1) is 7.57 Å². The smallest absolute Gasteiger partial charge is 0.245 e. The third-order valence-electron chi connectivity index (χ3n) is 3.41. The van der Waals surface area contributed by atoms with Crippen molar-refractivity contribution >= 4 is 53.2 Å². The summed E-state index contributed by atoms with van der Waals surface area (Å²) in [4.78, 5) is 0.342. The van der Waals surface area contributed by atoms with E-state index < -0.39 is 10.0 Å². The van der Waals surface area contributed by atoms with E-state index in [9.17, 15) is 8.42 Å². The van der Waals surface area contributed by atoms with Crippen molar-refractivity contribution in [3.63, 3.8) is 0 Å². The van der Waals surface area contributed by atoms with Gasteiger partial charge in [-0.15, -0.1) is 11.3 Å². The molecule has 2 heterocycles. The van der Waals surface area contributed by atoms with E-state index in [1.165, 1.54) is 11.3 Å². The maximum absolute atomic E-state index is 12.6. The fourth-order valence-corrected chi connectivity index (χ4v) is 7.56. The fourth-order valence-electron chi connectivity index (χ4n) is 2.26. The second-order valence-corrected chi connectivity index (χ2v) is 10.5. The van der Waals surface area contributed by atoms with Crippen molar-refractivity contribution in [2.24, 2.45) is 11.7 Å². The molecule has 1 aromatic heterocycles. The van der Waals surface area contributed by atoms with Crippen LogP contribution >= 0.6 is 43.2 Å². The fraction of sp³-hybridized carbons (Fsp3) is 0.636. The first-order chi connectivity index (χ1) is 8.82. The highest BCUT2D eigenvalue weighted by molar-refractivity contribution is 9.12. The molecule has 19 heavy (non-hydrogen) atoms. The summed E-state index contributed by atoms with van der Waals surface area (Å²) < 4.78 is 28.3. The van der Waals surface area contributed by atoms with Crippen LogP contribution in [0.5, 0.6) is 0 Å². The number of rotatable bonds is 3. The van der Waals surface area contributed by atoms with Crippen LogP contribution in [-0.4, -0.2) is 31.9 Å². The van der Waals surface area contributed by atoms with Crippen LogP contribution < -0.4 is 5.73 Å². The monoisotopic (exact) mass is 430 g/mol. The third kappa shape index (κ3) is 3.41. The molecule has 1 aromatic rings. The molecule has 8 heteroatoms. The first kappa shape index (κ1) is 15.9. The molecule has 4 nitrogen and oxygen atoms in total.